The Labute approximate surface area is 140 Å². The van der Waals surface area contributed by atoms with Crippen molar-refractivity contribution in [3.63, 3.8) is 0 Å². The van der Waals surface area contributed by atoms with Crippen molar-refractivity contribution in [2.24, 2.45) is 5.92 Å². The summed E-state index contributed by atoms with van der Waals surface area (Å²) in [5.41, 5.74) is 0.0686. The first-order valence-corrected chi connectivity index (χ1v) is 7.53. The van der Waals surface area contributed by atoms with Crippen molar-refractivity contribution in [3.05, 3.63) is 35.4 Å². The van der Waals surface area contributed by atoms with Crippen molar-refractivity contribution in [3.8, 4) is 0 Å². The summed E-state index contributed by atoms with van der Waals surface area (Å²) in [6.07, 6.45) is -1.89. The minimum absolute atomic E-state index is 0. The molecular weight excluding hydrogens is 329 g/mol. The average molecular weight is 351 g/mol. The summed E-state index contributed by atoms with van der Waals surface area (Å²) in [5, 5.41) is 6.22. The molecule has 0 saturated carbocycles. The molecule has 1 aliphatic heterocycles. The van der Waals surface area contributed by atoms with Gasteiger partial charge in [0, 0.05) is 18.5 Å². The Morgan fingerprint density at radius 2 is 2.00 bits per heavy atom. The molecule has 0 spiro atoms. The van der Waals surface area contributed by atoms with Crippen LogP contribution in [-0.4, -0.2) is 25.0 Å². The molecule has 2 unspecified atom stereocenters. The van der Waals surface area contributed by atoms with Gasteiger partial charge in [0.05, 0.1) is 5.56 Å². The van der Waals surface area contributed by atoms with Crippen molar-refractivity contribution in [1.29, 1.82) is 0 Å². The topological polar surface area (TPSA) is 41.1 Å². The van der Waals surface area contributed by atoms with E-state index < -0.39 is 11.7 Å². The standard InChI is InChI=1S/C16H21F3N2O.ClH/c1-11(15(22)21-14-3-2-8-20-10-14)9-12-4-6-13(7-5-12)16(17,18)19;/h4-7,11,14,20H,2-3,8-10H2,1H3,(H,21,22);1H. The summed E-state index contributed by atoms with van der Waals surface area (Å²) in [7, 11) is 0. The molecule has 0 aliphatic carbocycles. The maximum absolute atomic E-state index is 12.5. The van der Waals surface area contributed by atoms with Crippen LogP contribution < -0.4 is 10.6 Å². The fourth-order valence-corrected chi connectivity index (χ4v) is 2.59. The smallest absolute Gasteiger partial charge is 0.352 e. The number of rotatable bonds is 4. The largest absolute Gasteiger partial charge is 0.416 e. The van der Waals surface area contributed by atoms with Gasteiger partial charge in [0.2, 0.25) is 5.91 Å². The Morgan fingerprint density at radius 1 is 1.35 bits per heavy atom. The van der Waals surface area contributed by atoms with Crippen LogP contribution in [0.2, 0.25) is 0 Å². The highest BCUT2D eigenvalue weighted by molar-refractivity contribution is 5.85. The van der Waals surface area contributed by atoms with Crippen LogP contribution in [0.1, 0.15) is 30.9 Å². The van der Waals surface area contributed by atoms with Gasteiger partial charge in [-0.25, -0.2) is 0 Å². The molecular formula is C16H22ClF3N2O. The molecule has 1 saturated heterocycles. The average Bonchev–Trinajstić information content (AvgIpc) is 2.48. The first kappa shape index (κ1) is 19.8. The lowest BCUT2D eigenvalue weighted by Crippen LogP contribution is -2.47. The number of carbonyl (C=O) groups is 1. The molecule has 130 valence electrons. The predicted molar refractivity (Wildman–Crippen MR) is 85.6 cm³/mol. The fraction of sp³-hybridized carbons (Fsp3) is 0.562. The molecule has 1 fully saturated rings. The minimum Gasteiger partial charge on any atom is -0.352 e. The highest BCUT2D eigenvalue weighted by atomic mass is 35.5. The minimum atomic E-state index is -4.32. The van der Waals surface area contributed by atoms with E-state index in [1.807, 2.05) is 0 Å². The summed E-state index contributed by atoms with van der Waals surface area (Å²) in [4.78, 5) is 12.1. The number of hydrogen-bond acceptors (Lipinski definition) is 2. The van der Waals surface area contributed by atoms with Crippen molar-refractivity contribution in [1.82, 2.24) is 10.6 Å². The monoisotopic (exact) mass is 350 g/mol. The van der Waals surface area contributed by atoms with Gasteiger partial charge in [-0.2, -0.15) is 13.2 Å². The van der Waals surface area contributed by atoms with E-state index in [2.05, 4.69) is 10.6 Å². The molecule has 1 amide bonds. The normalized spacial score (nSPS) is 19.6. The van der Waals surface area contributed by atoms with Gasteiger partial charge < -0.3 is 10.6 Å². The van der Waals surface area contributed by atoms with Crippen molar-refractivity contribution in [2.45, 2.75) is 38.4 Å². The SMILES string of the molecule is CC(Cc1ccc(C(F)(F)F)cc1)C(=O)NC1CCCNC1.Cl. The van der Waals surface area contributed by atoms with E-state index in [1.165, 1.54) is 12.1 Å². The summed E-state index contributed by atoms with van der Waals surface area (Å²) in [5.74, 6) is -0.313. The Bertz CT molecular complexity index is 499. The Morgan fingerprint density at radius 3 is 2.52 bits per heavy atom. The van der Waals surface area contributed by atoms with Gasteiger partial charge in [0.1, 0.15) is 0 Å². The van der Waals surface area contributed by atoms with Crippen LogP contribution in [0.3, 0.4) is 0 Å². The summed E-state index contributed by atoms with van der Waals surface area (Å²) < 4.78 is 37.5. The third-order valence-corrected chi connectivity index (χ3v) is 3.91. The first-order valence-electron chi connectivity index (χ1n) is 7.53. The third-order valence-electron chi connectivity index (χ3n) is 3.91. The molecule has 2 atom stereocenters. The molecule has 0 radical (unpaired) electrons. The third kappa shape index (κ3) is 6.03. The predicted octanol–water partition coefficient (Wildman–Crippen LogP) is 3.17. The van der Waals surface area contributed by atoms with Crippen LogP contribution in [0.5, 0.6) is 0 Å². The van der Waals surface area contributed by atoms with E-state index in [9.17, 15) is 18.0 Å². The molecule has 23 heavy (non-hydrogen) atoms. The van der Waals surface area contributed by atoms with E-state index in [-0.39, 0.29) is 30.3 Å². The van der Waals surface area contributed by atoms with Crippen LogP contribution in [0.4, 0.5) is 13.2 Å². The molecule has 2 rings (SSSR count). The Hall–Kier alpha value is -1.27. The number of alkyl halides is 3. The second-order valence-electron chi connectivity index (χ2n) is 5.85. The lowest BCUT2D eigenvalue weighted by atomic mass is 9.98. The lowest BCUT2D eigenvalue weighted by molar-refractivity contribution is -0.137. The quantitative estimate of drug-likeness (QED) is 0.875. The van der Waals surface area contributed by atoms with Gasteiger partial charge in [-0.3, -0.25) is 4.79 Å². The number of benzene rings is 1. The van der Waals surface area contributed by atoms with Crippen molar-refractivity contribution < 1.29 is 18.0 Å². The van der Waals surface area contributed by atoms with E-state index in [4.69, 9.17) is 0 Å². The number of nitrogens with one attached hydrogen (secondary N) is 2. The zero-order valence-electron chi connectivity index (χ0n) is 13.0. The Kier molecular flexibility index (Phi) is 7.35. The summed E-state index contributed by atoms with van der Waals surface area (Å²) >= 11 is 0. The van der Waals surface area contributed by atoms with E-state index in [0.29, 0.717) is 6.42 Å². The first-order chi connectivity index (χ1) is 10.4. The van der Waals surface area contributed by atoms with Crippen LogP contribution in [0, 0.1) is 5.92 Å². The molecule has 1 aliphatic rings. The highest BCUT2D eigenvalue weighted by Crippen LogP contribution is 2.29. The van der Waals surface area contributed by atoms with Gasteiger partial charge in [0.25, 0.3) is 0 Å². The lowest BCUT2D eigenvalue weighted by Gasteiger charge is -2.25. The van der Waals surface area contributed by atoms with Gasteiger partial charge in [-0.05, 0) is 43.5 Å². The number of carbonyl (C=O) groups excluding carboxylic acids is 1. The molecule has 1 aromatic carbocycles. The molecule has 0 bridgehead atoms. The van der Waals surface area contributed by atoms with E-state index >= 15 is 0 Å². The molecule has 0 aromatic heterocycles. The molecule has 7 heteroatoms. The number of hydrogen-bond donors (Lipinski definition) is 2. The maximum atomic E-state index is 12.5. The summed E-state index contributed by atoms with van der Waals surface area (Å²) in [6.45, 7) is 3.55. The highest BCUT2D eigenvalue weighted by Gasteiger charge is 2.30. The zero-order chi connectivity index (χ0) is 16.2. The molecule has 2 N–H and O–H groups in total. The fourth-order valence-electron chi connectivity index (χ4n) is 2.59. The Balaban J connectivity index is 0.00000264. The van der Waals surface area contributed by atoms with Gasteiger partial charge in [0.15, 0.2) is 0 Å². The van der Waals surface area contributed by atoms with E-state index in [1.54, 1.807) is 6.92 Å². The molecule has 1 heterocycles. The second kappa shape index (κ2) is 8.55. The van der Waals surface area contributed by atoms with Crippen molar-refractivity contribution in [2.75, 3.05) is 13.1 Å². The molecule has 3 nitrogen and oxygen atoms in total. The van der Waals surface area contributed by atoms with E-state index in [0.717, 1.165) is 43.6 Å². The van der Waals surface area contributed by atoms with Crippen LogP contribution in [0.15, 0.2) is 24.3 Å². The number of amides is 1. The number of piperidine rings is 1. The van der Waals surface area contributed by atoms with Crippen LogP contribution >= 0.6 is 12.4 Å². The summed E-state index contributed by atoms with van der Waals surface area (Å²) in [6, 6.07) is 5.15. The zero-order valence-corrected chi connectivity index (χ0v) is 13.8. The molecule has 1 aromatic rings. The van der Waals surface area contributed by atoms with Gasteiger partial charge in [-0.15, -0.1) is 12.4 Å². The van der Waals surface area contributed by atoms with Gasteiger partial charge in [-0.1, -0.05) is 19.1 Å². The number of halogens is 4. The van der Waals surface area contributed by atoms with Gasteiger partial charge >= 0.3 is 6.18 Å². The maximum Gasteiger partial charge on any atom is 0.416 e. The van der Waals surface area contributed by atoms with Crippen LogP contribution in [-0.2, 0) is 17.4 Å². The van der Waals surface area contributed by atoms with Crippen LogP contribution in [0.25, 0.3) is 0 Å². The second-order valence-corrected chi connectivity index (χ2v) is 5.85. The van der Waals surface area contributed by atoms with Crippen molar-refractivity contribution >= 4 is 18.3 Å².